The van der Waals surface area contributed by atoms with Gasteiger partial charge in [-0.15, -0.1) is 0 Å². The summed E-state index contributed by atoms with van der Waals surface area (Å²) in [5.41, 5.74) is 9.05. The van der Waals surface area contributed by atoms with Crippen LogP contribution in [-0.2, 0) is 28.8 Å². The molecule has 0 radical (unpaired) electrons. The van der Waals surface area contributed by atoms with Crippen LogP contribution >= 0.6 is 0 Å². The minimum Gasteiger partial charge on any atom is -0.475 e. The average molecular weight is 260 g/mol. The van der Waals surface area contributed by atoms with E-state index >= 15 is 0 Å². The van der Waals surface area contributed by atoms with Gasteiger partial charge in [-0.25, -0.2) is 4.79 Å². The third-order valence-corrected chi connectivity index (χ3v) is 1.26. The van der Waals surface area contributed by atoms with Crippen LogP contribution in [0, 0.1) is 0 Å². The van der Waals surface area contributed by atoms with E-state index in [4.69, 9.17) is 5.11 Å². The normalized spacial score (nSPS) is 8.50. The van der Waals surface area contributed by atoms with E-state index in [9.17, 15) is 28.8 Å². The number of hydrogen-bond donors (Lipinski definition) is 3. The second kappa shape index (κ2) is 8.56. The number of aliphatic carboxylic acids is 1. The molecule has 0 rings (SSSR count). The summed E-state index contributed by atoms with van der Waals surface area (Å²) in [6.07, 6.45) is -1.11. The van der Waals surface area contributed by atoms with E-state index < -0.39 is 35.8 Å². The Bertz CT molecular complexity index is 362. The summed E-state index contributed by atoms with van der Waals surface area (Å²) in [5, 5.41) is 7.87. The van der Waals surface area contributed by atoms with Gasteiger partial charge in [0.1, 0.15) is 5.78 Å². The highest BCUT2D eigenvalue weighted by Crippen LogP contribution is 1.82. The number of nitrogens with two attached hydrogens (primary N) is 2. The van der Waals surface area contributed by atoms with Crippen LogP contribution in [0.5, 0.6) is 0 Å². The van der Waals surface area contributed by atoms with E-state index in [0.29, 0.717) is 0 Å². The molecule has 2 amide bonds. The number of amides is 2. The van der Waals surface area contributed by atoms with Crippen LogP contribution in [0.4, 0.5) is 0 Å². The second-order valence-corrected chi connectivity index (χ2v) is 3.04. The van der Waals surface area contributed by atoms with Crippen LogP contribution in [0.2, 0.25) is 0 Å². The Morgan fingerprint density at radius 2 is 1.33 bits per heavy atom. The summed E-state index contributed by atoms with van der Waals surface area (Å²) in [5.74, 6) is -5.97. The van der Waals surface area contributed by atoms with Crippen molar-refractivity contribution < 1.29 is 33.9 Å². The molecule has 0 aromatic carbocycles. The van der Waals surface area contributed by atoms with Gasteiger partial charge in [0, 0.05) is 0 Å². The number of carbonyl (C=O) groups is 6. The van der Waals surface area contributed by atoms with Gasteiger partial charge in [0.05, 0.1) is 12.8 Å². The SMILES string of the molecule is CC(=O)CC(=O)C(N)=O.NC(=O)CC(=O)C(=O)O. The van der Waals surface area contributed by atoms with Crippen molar-refractivity contribution >= 4 is 35.1 Å². The first-order valence-electron chi connectivity index (χ1n) is 4.44. The van der Waals surface area contributed by atoms with Crippen molar-refractivity contribution in [3.63, 3.8) is 0 Å². The lowest BCUT2D eigenvalue weighted by atomic mass is 10.2. The topological polar surface area (TPSA) is 175 Å². The van der Waals surface area contributed by atoms with Crippen molar-refractivity contribution in [1.82, 2.24) is 0 Å². The first-order chi connectivity index (χ1) is 8.07. The Morgan fingerprint density at radius 3 is 1.44 bits per heavy atom. The van der Waals surface area contributed by atoms with Crippen molar-refractivity contribution in [2.24, 2.45) is 11.5 Å². The van der Waals surface area contributed by atoms with Gasteiger partial charge in [-0.2, -0.15) is 0 Å². The fourth-order valence-corrected chi connectivity index (χ4v) is 0.547. The minimum absolute atomic E-state index is 0.348. The molecule has 0 unspecified atom stereocenters. The van der Waals surface area contributed by atoms with Crippen molar-refractivity contribution in [2.45, 2.75) is 19.8 Å². The summed E-state index contributed by atoms with van der Waals surface area (Å²) in [4.78, 5) is 59.9. The van der Waals surface area contributed by atoms with E-state index in [1.807, 2.05) is 0 Å². The Kier molecular flexibility index (Phi) is 8.46. The fraction of sp³-hybridized carbons (Fsp3) is 0.333. The van der Waals surface area contributed by atoms with E-state index in [0.717, 1.165) is 0 Å². The number of ketones is 3. The van der Waals surface area contributed by atoms with Crippen LogP contribution in [0.3, 0.4) is 0 Å². The van der Waals surface area contributed by atoms with Gasteiger partial charge in [0.2, 0.25) is 17.5 Å². The summed E-state index contributed by atoms with van der Waals surface area (Å²) in [6, 6.07) is 0. The highest BCUT2D eigenvalue weighted by atomic mass is 16.4. The molecule has 18 heavy (non-hydrogen) atoms. The Labute approximate surface area is 101 Å². The Hall–Kier alpha value is -2.58. The number of carboxylic acids is 1. The number of primary amides is 2. The molecule has 9 nitrogen and oxygen atoms in total. The lowest BCUT2D eigenvalue weighted by Crippen LogP contribution is -2.24. The standard InChI is InChI=1S/C5H7NO3.C4H5NO4/c1-3(7)2-4(8)5(6)9;5-3(7)1-2(6)4(8)9/h2H2,1H3,(H2,6,9);1H2,(H2,5,7)(H,8,9). The summed E-state index contributed by atoms with van der Waals surface area (Å²) < 4.78 is 0. The monoisotopic (exact) mass is 260 g/mol. The third kappa shape index (κ3) is 11.5. The van der Waals surface area contributed by atoms with Gasteiger partial charge in [0.25, 0.3) is 5.91 Å². The summed E-state index contributed by atoms with van der Waals surface area (Å²) >= 11 is 0. The molecular weight excluding hydrogens is 248 g/mol. The average Bonchev–Trinajstić information content (AvgIpc) is 2.16. The smallest absolute Gasteiger partial charge is 0.372 e. The molecule has 0 spiro atoms. The highest BCUT2D eigenvalue weighted by Gasteiger charge is 2.13. The molecule has 0 aliphatic heterocycles. The van der Waals surface area contributed by atoms with Crippen LogP contribution in [0.15, 0.2) is 0 Å². The number of Topliss-reactive ketones (excluding diaryl/α,β-unsaturated/α-hetero) is 3. The van der Waals surface area contributed by atoms with Gasteiger partial charge in [-0.1, -0.05) is 0 Å². The second-order valence-electron chi connectivity index (χ2n) is 3.04. The molecule has 100 valence electrons. The van der Waals surface area contributed by atoms with E-state index in [1.54, 1.807) is 0 Å². The van der Waals surface area contributed by atoms with Gasteiger partial charge < -0.3 is 16.6 Å². The zero-order chi connectivity index (χ0) is 14.9. The molecule has 0 fully saturated rings. The van der Waals surface area contributed by atoms with Crippen LogP contribution in [0.25, 0.3) is 0 Å². The maximum Gasteiger partial charge on any atom is 0.372 e. The predicted octanol–water partition coefficient (Wildman–Crippen LogP) is -2.46. The van der Waals surface area contributed by atoms with E-state index in [2.05, 4.69) is 11.5 Å². The van der Waals surface area contributed by atoms with E-state index in [1.165, 1.54) is 6.92 Å². The molecule has 0 aromatic heterocycles. The van der Waals surface area contributed by atoms with Gasteiger partial charge in [0.15, 0.2) is 0 Å². The van der Waals surface area contributed by atoms with Crippen LogP contribution in [-0.4, -0.2) is 40.2 Å². The maximum absolute atomic E-state index is 10.3. The zero-order valence-electron chi connectivity index (χ0n) is 9.47. The lowest BCUT2D eigenvalue weighted by Gasteiger charge is -1.87. The molecule has 0 saturated heterocycles. The van der Waals surface area contributed by atoms with Gasteiger partial charge in [-0.05, 0) is 6.92 Å². The number of hydrogen-bond acceptors (Lipinski definition) is 6. The fourth-order valence-electron chi connectivity index (χ4n) is 0.547. The number of carbonyl (C=O) groups excluding carboxylic acids is 5. The van der Waals surface area contributed by atoms with Crippen LogP contribution in [0.1, 0.15) is 19.8 Å². The number of rotatable bonds is 6. The first kappa shape index (κ1) is 17.8. The molecule has 0 saturated carbocycles. The maximum atomic E-state index is 10.3. The molecular formula is C9H12N2O7. The molecule has 0 bridgehead atoms. The molecule has 9 heteroatoms. The lowest BCUT2D eigenvalue weighted by molar-refractivity contribution is -0.150. The van der Waals surface area contributed by atoms with E-state index in [-0.39, 0.29) is 12.2 Å². The predicted molar refractivity (Wildman–Crippen MR) is 56.0 cm³/mol. The van der Waals surface area contributed by atoms with Crippen molar-refractivity contribution in [1.29, 1.82) is 0 Å². The van der Waals surface area contributed by atoms with Gasteiger partial charge >= 0.3 is 5.97 Å². The third-order valence-electron chi connectivity index (χ3n) is 1.26. The van der Waals surface area contributed by atoms with Gasteiger partial charge in [-0.3, -0.25) is 24.0 Å². The zero-order valence-corrected chi connectivity index (χ0v) is 9.47. The summed E-state index contributed by atoms with van der Waals surface area (Å²) in [6.45, 7) is 1.22. The van der Waals surface area contributed by atoms with Crippen molar-refractivity contribution in [3.8, 4) is 0 Å². The summed E-state index contributed by atoms with van der Waals surface area (Å²) in [7, 11) is 0. The van der Waals surface area contributed by atoms with Crippen LogP contribution < -0.4 is 11.5 Å². The first-order valence-corrected chi connectivity index (χ1v) is 4.44. The molecule has 5 N–H and O–H groups in total. The molecule has 0 aromatic rings. The number of carboxylic acid groups (broad SMARTS) is 1. The minimum atomic E-state index is -1.63. The largest absolute Gasteiger partial charge is 0.475 e. The Balaban J connectivity index is 0. The van der Waals surface area contributed by atoms with Crippen molar-refractivity contribution in [3.05, 3.63) is 0 Å². The molecule has 0 aliphatic carbocycles. The Morgan fingerprint density at radius 1 is 0.889 bits per heavy atom. The molecule has 0 atom stereocenters. The quantitative estimate of drug-likeness (QED) is 0.350. The molecule has 0 heterocycles. The molecule has 0 aliphatic rings. The van der Waals surface area contributed by atoms with Crippen molar-refractivity contribution in [2.75, 3.05) is 0 Å². The highest BCUT2D eigenvalue weighted by molar-refractivity contribution is 6.38.